The summed E-state index contributed by atoms with van der Waals surface area (Å²) in [6, 6.07) is 8.14. The molecule has 18 heavy (non-hydrogen) atoms. The standard InChI is InChI=1S/C12H12Cl2N4/c1-8-5-3-4-6-9(8)7-18(2)11-10(13)16-17-12(14)15-11/h3-6H,7H2,1-2H3. The first-order valence-electron chi connectivity index (χ1n) is 5.39. The maximum absolute atomic E-state index is 5.96. The molecule has 0 N–H and O–H groups in total. The molecular weight excluding hydrogens is 271 g/mol. The Morgan fingerprint density at radius 2 is 1.89 bits per heavy atom. The molecule has 4 nitrogen and oxygen atoms in total. The second-order valence-electron chi connectivity index (χ2n) is 3.98. The van der Waals surface area contributed by atoms with E-state index in [-0.39, 0.29) is 10.4 Å². The third-order valence-corrected chi connectivity index (χ3v) is 3.04. The van der Waals surface area contributed by atoms with E-state index in [2.05, 4.69) is 34.2 Å². The predicted molar refractivity (Wildman–Crippen MR) is 73.1 cm³/mol. The van der Waals surface area contributed by atoms with E-state index in [4.69, 9.17) is 23.2 Å². The molecule has 1 aromatic carbocycles. The summed E-state index contributed by atoms with van der Waals surface area (Å²) in [5.41, 5.74) is 2.42. The van der Waals surface area contributed by atoms with E-state index in [1.165, 1.54) is 11.1 Å². The van der Waals surface area contributed by atoms with Crippen LogP contribution in [0.3, 0.4) is 0 Å². The van der Waals surface area contributed by atoms with Crippen LogP contribution in [0, 0.1) is 6.92 Å². The van der Waals surface area contributed by atoms with Crippen LogP contribution in [-0.4, -0.2) is 22.2 Å². The van der Waals surface area contributed by atoms with Crippen LogP contribution in [0.5, 0.6) is 0 Å². The molecule has 2 aromatic rings. The fraction of sp³-hybridized carbons (Fsp3) is 0.250. The van der Waals surface area contributed by atoms with Gasteiger partial charge in [0, 0.05) is 13.6 Å². The molecule has 1 heterocycles. The highest BCUT2D eigenvalue weighted by Gasteiger charge is 2.12. The van der Waals surface area contributed by atoms with E-state index in [1.807, 2.05) is 24.1 Å². The summed E-state index contributed by atoms with van der Waals surface area (Å²) in [4.78, 5) is 5.98. The van der Waals surface area contributed by atoms with Gasteiger partial charge in [-0.15, -0.1) is 10.2 Å². The largest absolute Gasteiger partial charge is 0.353 e. The van der Waals surface area contributed by atoms with Gasteiger partial charge in [0.2, 0.25) is 5.28 Å². The van der Waals surface area contributed by atoms with E-state index in [0.717, 1.165) is 0 Å². The third kappa shape index (κ3) is 2.89. The molecule has 6 heteroatoms. The zero-order valence-corrected chi connectivity index (χ0v) is 11.6. The predicted octanol–water partition coefficient (Wildman–Crippen LogP) is 3.12. The van der Waals surface area contributed by atoms with Gasteiger partial charge in [0.1, 0.15) is 0 Å². The highest BCUT2D eigenvalue weighted by atomic mass is 35.5. The lowest BCUT2D eigenvalue weighted by Gasteiger charge is -2.19. The minimum atomic E-state index is 0.0889. The Balaban J connectivity index is 2.25. The first kappa shape index (κ1) is 13.1. The Morgan fingerprint density at radius 3 is 2.61 bits per heavy atom. The van der Waals surface area contributed by atoms with Crippen LogP contribution in [0.2, 0.25) is 10.4 Å². The lowest BCUT2D eigenvalue weighted by molar-refractivity contribution is 0.858. The normalized spacial score (nSPS) is 10.4. The molecule has 0 bridgehead atoms. The van der Waals surface area contributed by atoms with Gasteiger partial charge < -0.3 is 4.90 Å². The number of hydrogen-bond donors (Lipinski definition) is 0. The van der Waals surface area contributed by atoms with E-state index < -0.39 is 0 Å². The number of nitrogens with zero attached hydrogens (tertiary/aromatic N) is 4. The number of rotatable bonds is 3. The van der Waals surface area contributed by atoms with Crippen LogP contribution in [0.15, 0.2) is 24.3 Å². The van der Waals surface area contributed by atoms with E-state index >= 15 is 0 Å². The molecule has 0 unspecified atom stereocenters. The smallest absolute Gasteiger partial charge is 0.245 e. The molecule has 2 rings (SSSR count). The first-order valence-corrected chi connectivity index (χ1v) is 6.15. The quantitative estimate of drug-likeness (QED) is 0.868. The second kappa shape index (κ2) is 5.50. The average molecular weight is 283 g/mol. The Kier molecular flexibility index (Phi) is 3.99. The van der Waals surface area contributed by atoms with Crippen molar-refractivity contribution in [1.82, 2.24) is 15.2 Å². The molecule has 0 saturated carbocycles. The van der Waals surface area contributed by atoms with Gasteiger partial charge in [-0.1, -0.05) is 35.9 Å². The minimum Gasteiger partial charge on any atom is -0.353 e. The van der Waals surface area contributed by atoms with Crippen molar-refractivity contribution in [2.45, 2.75) is 13.5 Å². The van der Waals surface area contributed by atoms with Crippen LogP contribution in [-0.2, 0) is 6.54 Å². The zero-order chi connectivity index (χ0) is 13.1. The summed E-state index contributed by atoms with van der Waals surface area (Å²) in [5.74, 6) is 0.528. The van der Waals surface area contributed by atoms with Gasteiger partial charge in [0.05, 0.1) is 0 Å². The van der Waals surface area contributed by atoms with Gasteiger partial charge in [-0.2, -0.15) is 4.98 Å². The summed E-state index contributed by atoms with van der Waals surface area (Å²) >= 11 is 11.7. The summed E-state index contributed by atoms with van der Waals surface area (Å²) in [6.07, 6.45) is 0. The fourth-order valence-electron chi connectivity index (χ4n) is 1.65. The Bertz CT molecular complexity index is 560. The molecule has 0 aliphatic rings. The van der Waals surface area contributed by atoms with E-state index in [0.29, 0.717) is 12.4 Å². The monoisotopic (exact) mass is 282 g/mol. The third-order valence-electron chi connectivity index (χ3n) is 2.63. The maximum Gasteiger partial charge on any atom is 0.245 e. The highest BCUT2D eigenvalue weighted by Crippen LogP contribution is 2.22. The number of halogens is 2. The van der Waals surface area contributed by atoms with Crippen LogP contribution in [0.25, 0.3) is 0 Å². The summed E-state index contributed by atoms with van der Waals surface area (Å²) < 4.78 is 0. The molecule has 0 atom stereocenters. The van der Waals surface area contributed by atoms with Gasteiger partial charge in [-0.3, -0.25) is 0 Å². The van der Waals surface area contributed by atoms with Crippen LogP contribution >= 0.6 is 23.2 Å². The van der Waals surface area contributed by atoms with Gasteiger partial charge in [-0.05, 0) is 29.7 Å². The van der Waals surface area contributed by atoms with Gasteiger partial charge in [-0.25, -0.2) is 0 Å². The van der Waals surface area contributed by atoms with Crippen molar-refractivity contribution in [3.8, 4) is 0 Å². The second-order valence-corrected chi connectivity index (χ2v) is 4.67. The van der Waals surface area contributed by atoms with Crippen LogP contribution in [0.1, 0.15) is 11.1 Å². The van der Waals surface area contributed by atoms with Gasteiger partial charge in [0.25, 0.3) is 0 Å². The number of benzene rings is 1. The Hall–Kier alpha value is -1.39. The van der Waals surface area contributed by atoms with Crippen molar-refractivity contribution in [1.29, 1.82) is 0 Å². The molecule has 0 fully saturated rings. The van der Waals surface area contributed by atoms with Crippen molar-refractivity contribution >= 4 is 29.0 Å². The number of aromatic nitrogens is 3. The van der Waals surface area contributed by atoms with Crippen LogP contribution < -0.4 is 4.90 Å². The molecule has 0 aliphatic carbocycles. The van der Waals surface area contributed by atoms with Crippen LogP contribution in [0.4, 0.5) is 5.82 Å². The lowest BCUT2D eigenvalue weighted by Crippen LogP contribution is -2.19. The molecule has 0 spiro atoms. The molecule has 1 aromatic heterocycles. The first-order chi connectivity index (χ1) is 8.58. The van der Waals surface area contributed by atoms with Crippen molar-refractivity contribution in [2.75, 3.05) is 11.9 Å². The Labute approximate surface area is 116 Å². The topological polar surface area (TPSA) is 41.9 Å². The SMILES string of the molecule is Cc1ccccc1CN(C)c1nc(Cl)nnc1Cl. The minimum absolute atomic E-state index is 0.0889. The maximum atomic E-state index is 5.96. The van der Waals surface area contributed by atoms with Gasteiger partial charge in [0.15, 0.2) is 11.0 Å². The van der Waals surface area contributed by atoms with Gasteiger partial charge >= 0.3 is 0 Å². The molecule has 0 saturated heterocycles. The van der Waals surface area contributed by atoms with Crippen molar-refractivity contribution in [2.24, 2.45) is 0 Å². The number of hydrogen-bond acceptors (Lipinski definition) is 4. The fourth-order valence-corrected chi connectivity index (χ4v) is 1.99. The summed E-state index contributed by atoms with van der Waals surface area (Å²) in [6.45, 7) is 2.75. The Morgan fingerprint density at radius 1 is 1.17 bits per heavy atom. The van der Waals surface area contributed by atoms with Crippen molar-refractivity contribution in [3.05, 3.63) is 45.8 Å². The number of anilines is 1. The van der Waals surface area contributed by atoms with E-state index in [1.54, 1.807) is 0 Å². The van der Waals surface area contributed by atoms with E-state index in [9.17, 15) is 0 Å². The molecule has 94 valence electrons. The summed E-state index contributed by atoms with van der Waals surface area (Å²) in [7, 11) is 1.89. The van der Waals surface area contributed by atoms with Crippen molar-refractivity contribution < 1.29 is 0 Å². The lowest BCUT2D eigenvalue weighted by atomic mass is 10.1. The average Bonchev–Trinajstić information content (AvgIpc) is 2.35. The zero-order valence-electron chi connectivity index (χ0n) is 10.1. The molecule has 0 aliphatic heterocycles. The molecule has 0 radical (unpaired) electrons. The molecular formula is C12H12Cl2N4. The van der Waals surface area contributed by atoms with Crippen molar-refractivity contribution in [3.63, 3.8) is 0 Å². The summed E-state index contributed by atoms with van der Waals surface area (Å²) in [5, 5.41) is 7.67. The number of aryl methyl sites for hydroxylation is 1. The highest BCUT2D eigenvalue weighted by molar-refractivity contribution is 6.32. The molecule has 0 amide bonds.